The molecule has 3 rings (SSSR count). The Morgan fingerprint density at radius 1 is 1.55 bits per heavy atom. The van der Waals surface area contributed by atoms with Crippen LogP contribution in [-0.4, -0.2) is 35.4 Å². The van der Waals surface area contributed by atoms with Gasteiger partial charge in [0.2, 0.25) is 5.91 Å². The van der Waals surface area contributed by atoms with Crippen molar-refractivity contribution < 1.29 is 9.53 Å². The van der Waals surface area contributed by atoms with Gasteiger partial charge in [0.1, 0.15) is 18.4 Å². The third-order valence-electron chi connectivity index (χ3n) is 3.83. The van der Waals surface area contributed by atoms with Crippen molar-refractivity contribution in [2.75, 3.05) is 13.6 Å². The summed E-state index contributed by atoms with van der Waals surface area (Å²) in [5, 5.41) is 6.84. The molecule has 0 fully saturated rings. The largest absolute Gasteiger partial charge is 0.488 e. The molecule has 0 unspecified atom stereocenters. The first-order chi connectivity index (χ1) is 10.6. The lowest BCUT2D eigenvalue weighted by molar-refractivity contribution is -0.121. The maximum atomic E-state index is 11.4. The predicted octanol–water partition coefficient (Wildman–Crippen LogP) is 0.867. The van der Waals surface area contributed by atoms with E-state index in [0.29, 0.717) is 6.54 Å². The number of aryl methyl sites for hydroxylation is 1. The zero-order chi connectivity index (χ0) is 15.7. The smallest absolute Gasteiger partial charge is 0.241 e. The monoisotopic (exact) mass is 300 g/mol. The first-order valence-corrected chi connectivity index (χ1v) is 7.34. The highest BCUT2D eigenvalue weighted by Crippen LogP contribution is 2.39. The molecule has 1 aliphatic heterocycles. The van der Waals surface area contributed by atoms with Gasteiger partial charge in [0.15, 0.2) is 0 Å². The first-order valence-electron chi connectivity index (χ1n) is 7.34. The summed E-state index contributed by atoms with van der Waals surface area (Å²) in [6.45, 7) is 2.77. The van der Waals surface area contributed by atoms with Crippen molar-refractivity contribution in [3.63, 3.8) is 0 Å². The Kier molecular flexibility index (Phi) is 3.85. The fraction of sp³-hybridized carbons (Fsp3) is 0.375. The number of hydrogen-bond acceptors (Lipinski definition) is 4. The number of hydrogen-bond donors (Lipinski definition) is 2. The van der Waals surface area contributed by atoms with Gasteiger partial charge in [-0.25, -0.2) is 0 Å². The van der Waals surface area contributed by atoms with Gasteiger partial charge < -0.3 is 15.8 Å². The van der Waals surface area contributed by atoms with E-state index in [4.69, 9.17) is 10.5 Å². The molecule has 2 aromatic rings. The molecule has 0 bridgehead atoms. The zero-order valence-corrected chi connectivity index (χ0v) is 12.8. The van der Waals surface area contributed by atoms with Crippen LogP contribution >= 0.6 is 0 Å². The van der Waals surface area contributed by atoms with Crippen LogP contribution in [0.1, 0.15) is 11.1 Å². The molecule has 0 saturated heterocycles. The lowest BCUT2D eigenvalue weighted by atomic mass is 10.00. The number of nitrogens with zero attached hydrogens (tertiary/aromatic N) is 2. The first kappa shape index (κ1) is 14.6. The summed E-state index contributed by atoms with van der Waals surface area (Å²) < 4.78 is 7.59. The molecule has 1 aromatic heterocycles. The van der Waals surface area contributed by atoms with E-state index >= 15 is 0 Å². The molecular formula is C16H20N4O2. The van der Waals surface area contributed by atoms with Crippen LogP contribution in [0.5, 0.6) is 5.75 Å². The van der Waals surface area contributed by atoms with Crippen LogP contribution in [0.25, 0.3) is 11.1 Å². The Morgan fingerprint density at radius 2 is 2.36 bits per heavy atom. The Bertz CT molecular complexity index is 708. The highest BCUT2D eigenvalue weighted by molar-refractivity contribution is 5.76. The number of nitrogens with one attached hydrogen (secondary N) is 1. The fourth-order valence-corrected chi connectivity index (χ4v) is 2.75. The Labute approximate surface area is 129 Å². The summed E-state index contributed by atoms with van der Waals surface area (Å²) in [5.74, 6) is 0.809. The maximum Gasteiger partial charge on any atom is 0.241 e. The van der Waals surface area contributed by atoms with E-state index in [9.17, 15) is 4.79 Å². The van der Waals surface area contributed by atoms with Crippen molar-refractivity contribution in [3.8, 4) is 16.9 Å². The molecule has 6 heteroatoms. The number of nitrogens with two attached hydrogens (primary N) is 1. The second-order valence-electron chi connectivity index (χ2n) is 5.58. The summed E-state index contributed by atoms with van der Waals surface area (Å²) >= 11 is 0. The Balaban J connectivity index is 1.94. The molecular weight excluding hydrogens is 280 g/mol. The minimum atomic E-state index is -0.0800. The van der Waals surface area contributed by atoms with E-state index in [1.54, 1.807) is 17.9 Å². The van der Waals surface area contributed by atoms with Gasteiger partial charge in [0.05, 0.1) is 6.20 Å². The van der Waals surface area contributed by atoms with Crippen molar-refractivity contribution in [3.05, 3.63) is 35.7 Å². The third kappa shape index (κ3) is 2.69. The minimum absolute atomic E-state index is 0.0384. The number of likely N-dealkylation sites (N-methyl/N-ethyl adjacent to an activating group) is 1. The Morgan fingerprint density at radius 3 is 3.09 bits per heavy atom. The average molecular weight is 300 g/mol. The molecule has 0 radical (unpaired) electrons. The summed E-state index contributed by atoms with van der Waals surface area (Å²) in [6, 6.07) is 4.22. The highest BCUT2D eigenvalue weighted by atomic mass is 16.5. The summed E-state index contributed by atoms with van der Waals surface area (Å²) in [4.78, 5) is 11.4. The van der Waals surface area contributed by atoms with Crippen LogP contribution in [0.4, 0.5) is 0 Å². The SMILES string of the molecule is CNC(=O)Cn1cc(-c2cc(C)cc3c2O[C@@H](CN)C3)cn1. The van der Waals surface area contributed by atoms with E-state index < -0.39 is 0 Å². The summed E-state index contributed by atoms with van der Waals surface area (Å²) in [7, 11) is 1.61. The number of carbonyl (C=O) groups is 1. The van der Waals surface area contributed by atoms with Crippen LogP contribution < -0.4 is 15.8 Å². The molecule has 1 aliphatic rings. The second-order valence-corrected chi connectivity index (χ2v) is 5.58. The van der Waals surface area contributed by atoms with Gasteiger partial charge in [0.25, 0.3) is 0 Å². The van der Waals surface area contributed by atoms with Crippen molar-refractivity contribution in [1.82, 2.24) is 15.1 Å². The number of benzene rings is 1. The van der Waals surface area contributed by atoms with E-state index in [-0.39, 0.29) is 18.6 Å². The third-order valence-corrected chi connectivity index (χ3v) is 3.83. The van der Waals surface area contributed by atoms with Crippen molar-refractivity contribution >= 4 is 5.91 Å². The normalized spacial score (nSPS) is 16.2. The molecule has 3 N–H and O–H groups in total. The summed E-state index contributed by atoms with van der Waals surface area (Å²) in [5.41, 5.74) is 10.0. The number of carbonyl (C=O) groups excluding carboxylic acids is 1. The van der Waals surface area contributed by atoms with Crippen LogP contribution in [0.15, 0.2) is 24.5 Å². The average Bonchev–Trinajstić information content (AvgIpc) is 3.12. The topological polar surface area (TPSA) is 82.2 Å². The van der Waals surface area contributed by atoms with Gasteiger partial charge in [-0.1, -0.05) is 6.07 Å². The molecule has 2 heterocycles. The van der Waals surface area contributed by atoms with Gasteiger partial charge in [-0.05, 0) is 24.1 Å². The quantitative estimate of drug-likeness (QED) is 0.877. The van der Waals surface area contributed by atoms with Gasteiger partial charge in [-0.3, -0.25) is 9.48 Å². The number of fused-ring (bicyclic) bond motifs is 1. The molecule has 0 aliphatic carbocycles. The highest BCUT2D eigenvalue weighted by Gasteiger charge is 2.25. The molecule has 1 aromatic carbocycles. The molecule has 22 heavy (non-hydrogen) atoms. The standard InChI is InChI=1S/C16H20N4O2/c1-10-3-11-5-13(6-17)22-16(11)14(4-10)12-7-19-20(8-12)9-15(21)18-2/h3-4,7-8,13H,5-6,9,17H2,1-2H3,(H,18,21)/t13-/m1/s1. The molecule has 116 valence electrons. The number of ether oxygens (including phenoxy) is 1. The predicted molar refractivity (Wildman–Crippen MR) is 83.6 cm³/mol. The second kappa shape index (κ2) is 5.81. The minimum Gasteiger partial charge on any atom is -0.488 e. The van der Waals surface area contributed by atoms with Gasteiger partial charge in [-0.15, -0.1) is 0 Å². The van der Waals surface area contributed by atoms with Crippen LogP contribution in [0.2, 0.25) is 0 Å². The molecule has 0 spiro atoms. The number of amides is 1. The lowest BCUT2D eigenvalue weighted by Gasteiger charge is -2.10. The summed E-state index contributed by atoms with van der Waals surface area (Å²) in [6.07, 6.45) is 4.50. The van der Waals surface area contributed by atoms with Crippen LogP contribution in [0, 0.1) is 6.92 Å². The van der Waals surface area contributed by atoms with Crippen molar-refractivity contribution in [2.24, 2.45) is 5.73 Å². The molecule has 1 atom stereocenters. The molecule has 0 saturated carbocycles. The van der Waals surface area contributed by atoms with Gasteiger partial charge >= 0.3 is 0 Å². The van der Waals surface area contributed by atoms with E-state index in [1.165, 1.54) is 11.1 Å². The van der Waals surface area contributed by atoms with Crippen LogP contribution in [0.3, 0.4) is 0 Å². The lowest BCUT2D eigenvalue weighted by Crippen LogP contribution is -2.24. The van der Waals surface area contributed by atoms with E-state index in [1.807, 2.05) is 6.20 Å². The van der Waals surface area contributed by atoms with Gasteiger partial charge in [-0.2, -0.15) is 5.10 Å². The molecule has 1 amide bonds. The molecule has 6 nitrogen and oxygen atoms in total. The maximum absolute atomic E-state index is 11.4. The van der Waals surface area contributed by atoms with Crippen molar-refractivity contribution in [2.45, 2.75) is 26.0 Å². The fourth-order valence-electron chi connectivity index (χ4n) is 2.75. The number of aromatic nitrogens is 2. The van der Waals surface area contributed by atoms with Crippen molar-refractivity contribution in [1.29, 1.82) is 0 Å². The number of rotatable bonds is 4. The van der Waals surface area contributed by atoms with E-state index in [2.05, 4.69) is 29.5 Å². The van der Waals surface area contributed by atoms with E-state index in [0.717, 1.165) is 23.3 Å². The Hall–Kier alpha value is -2.34. The van der Waals surface area contributed by atoms with Gasteiger partial charge in [0, 0.05) is 37.3 Å². The zero-order valence-electron chi connectivity index (χ0n) is 12.8. The van der Waals surface area contributed by atoms with Crippen LogP contribution in [-0.2, 0) is 17.8 Å².